The zero-order chi connectivity index (χ0) is 12.2. The molecule has 0 bridgehead atoms. The smallest absolute Gasteiger partial charge is 0.0719 e. The number of aryl methyl sites for hydroxylation is 1. The summed E-state index contributed by atoms with van der Waals surface area (Å²) < 4.78 is 5.89. The monoisotopic (exact) mass is 244 g/mol. The van der Waals surface area contributed by atoms with Gasteiger partial charge in [0, 0.05) is 6.61 Å². The van der Waals surface area contributed by atoms with Gasteiger partial charge in [0.05, 0.1) is 6.61 Å². The molecule has 2 aliphatic rings. The lowest BCUT2D eigenvalue weighted by molar-refractivity contribution is 0.0944. The average molecular weight is 244 g/mol. The molecule has 0 aliphatic heterocycles. The maximum atomic E-state index is 5.89. The summed E-state index contributed by atoms with van der Waals surface area (Å²) in [6, 6.07) is 6.76. The van der Waals surface area contributed by atoms with Gasteiger partial charge >= 0.3 is 0 Å². The molecule has 0 heterocycles. The first-order chi connectivity index (χ1) is 8.93. The van der Waals surface area contributed by atoms with Crippen LogP contribution in [-0.4, -0.2) is 6.61 Å². The Morgan fingerprint density at radius 1 is 1.06 bits per heavy atom. The molecule has 1 fully saturated rings. The average Bonchev–Trinajstić information content (AvgIpc) is 2.36. The lowest BCUT2D eigenvalue weighted by atomic mass is 9.83. The van der Waals surface area contributed by atoms with Crippen molar-refractivity contribution in [1.29, 1.82) is 0 Å². The molecule has 0 atom stereocenters. The largest absolute Gasteiger partial charge is 0.377 e. The van der Waals surface area contributed by atoms with Crippen molar-refractivity contribution in [2.45, 2.75) is 58.0 Å². The maximum absolute atomic E-state index is 5.89. The second-order valence-corrected chi connectivity index (χ2v) is 5.90. The van der Waals surface area contributed by atoms with E-state index in [-0.39, 0.29) is 0 Å². The Kier molecular flexibility index (Phi) is 3.99. The highest BCUT2D eigenvalue weighted by Crippen LogP contribution is 2.29. The van der Waals surface area contributed by atoms with E-state index < -0.39 is 0 Å². The van der Waals surface area contributed by atoms with Crippen molar-refractivity contribution < 1.29 is 4.74 Å². The summed E-state index contributed by atoms with van der Waals surface area (Å²) in [7, 11) is 0. The summed E-state index contributed by atoms with van der Waals surface area (Å²) >= 11 is 0. The number of hydrogen-bond acceptors (Lipinski definition) is 1. The van der Waals surface area contributed by atoms with Crippen LogP contribution in [0.25, 0.3) is 0 Å². The molecule has 1 aromatic carbocycles. The first-order valence-electron chi connectivity index (χ1n) is 7.61. The third kappa shape index (κ3) is 2.77. The van der Waals surface area contributed by atoms with E-state index in [2.05, 4.69) is 18.2 Å². The van der Waals surface area contributed by atoms with E-state index in [1.165, 1.54) is 56.9 Å². The van der Waals surface area contributed by atoms with Crippen molar-refractivity contribution in [2.24, 2.45) is 5.92 Å². The zero-order valence-electron chi connectivity index (χ0n) is 11.3. The molecular formula is C17H24O. The molecule has 0 unspecified atom stereocenters. The normalized spacial score (nSPS) is 19.3. The van der Waals surface area contributed by atoms with Crippen LogP contribution >= 0.6 is 0 Å². The van der Waals surface area contributed by atoms with Gasteiger partial charge in [-0.15, -0.1) is 0 Å². The molecule has 1 nitrogen and oxygen atoms in total. The Hall–Kier alpha value is -0.820. The minimum Gasteiger partial charge on any atom is -0.377 e. The third-order valence-corrected chi connectivity index (χ3v) is 4.65. The van der Waals surface area contributed by atoms with Crippen molar-refractivity contribution in [1.82, 2.24) is 0 Å². The maximum Gasteiger partial charge on any atom is 0.0719 e. The summed E-state index contributed by atoms with van der Waals surface area (Å²) in [5, 5.41) is 0. The summed E-state index contributed by atoms with van der Waals surface area (Å²) in [6.45, 7) is 1.78. The topological polar surface area (TPSA) is 9.23 Å². The van der Waals surface area contributed by atoms with E-state index in [4.69, 9.17) is 4.74 Å². The van der Waals surface area contributed by atoms with Crippen molar-refractivity contribution in [3.8, 4) is 0 Å². The molecule has 0 spiro atoms. The van der Waals surface area contributed by atoms with Gasteiger partial charge in [-0.1, -0.05) is 37.5 Å². The molecule has 0 N–H and O–H groups in total. The highest BCUT2D eigenvalue weighted by molar-refractivity contribution is 5.36. The number of benzene rings is 1. The predicted molar refractivity (Wildman–Crippen MR) is 74.7 cm³/mol. The first-order valence-corrected chi connectivity index (χ1v) is 7.61. The molecule has 1 saturated carbocycles. The van der Waals surface area contributed by atoms with Crippen LogP contribution in [0.2, 0.25) is 0 Å². The SMILES string of the molecule is c1cc2c(c(COCCC3CCC3)c1)CCCC2. The minimum absolute atomic E-state index is 0.829. The minimum atomic E-state index is 0.829. The predicted octanol–water partition coefficient (Wildman–Crippen LogP) is 4.27. The van der Waals surface area contributed by atoms with Crippen LogP contribution in [0.5, 0.6) is 0 Å². The van der Waals surface area contributed by atoms with Crippen LogP contribution in [0.4, 0.5) is 0 Å². The Labute approximate surface area is 111 Å². The number of ether oxygens (including phenoxy) is 1. The van der Waals surface area contributed by atoms with Crippen LogP contribution in [0.15, 0.2) is 18.2 Å². The molecule has 0 amide bonds. The molecule has 1 aromatic rings. The Balaban J connectivity index is 1.52. The van der Waals surface area contributed by atoms with Gasteiger partial charge < -0.3 is 4.74 Å². The van der Waals surface area contributed by atoms with Gasteiger partial charge in [0.2, 0.25) is 0 Å². The fourth-order valence-corrected chi connectivity index (χ4v) is 3.21. The number of rotatable bonds is 5. The van der Waals surface area contributed by atoms with Crippen LogP contribution in [0.3, 0.4) is 0 Å². The lowest BCUT2D eigenvalue weighted by Gasteiger charge is -2.25. The quantitative estimate of drug-likeness (QED) is 0.703. The van der Waals surface area contributed by atoms with Crippen LogP contribution < -0.4 is 0 Å². The van der Waals surface area contributed by atoms with E-state index in [1.54, 1.807) is 11.1 Å². The molecule has 2 aliphatic carbocycles. The molecular weight excluding hydrogens is 220 g/mol. The third-order valence-electron chi connectivity index (χ3n) is 4.65. The second-order valence-electron chi connectivity index (χ2n) is 5.90. The highest BCUT2D eigenvalue weighted by atomic mass is 16.5. The van der Waals surface area contributed by atoms with Crippen LogP contribution in [0, 0.1) is 5.92 Å². The standard InChI is InChI=1S/C17H24O/c1-2-10-17-15(7-1)8-4-9-16(17)13-18-12-11-14-5-3-6-14/h4,8-9,14H,1-3,5-7,10-13H2. The Bertz CT molecular complexity index is 393. The van der Waals surface area contributed by atoms with E-state index in [0.29, 0.717) is 0 Å². The van der Waals surface area contributed by atoms with Gasteiger partial charge in [-0.3, -0.25) is 0 Å². The lowest BCUT2D eigenvalue weighted by Crippen LogP contribution is -2.14. The fraction of sp³-hybridized carbons (Fsp3) is 0.647. The van der Waals surface area contributed by atoms with Gasteiger partial charge in [0.15, 0.2) is 0 Å². The molecule has 3 rings (SSSR count). The van der Waals surface area contributed by atoms with E-state index in [1.807, 2.05) is 0 Å². The van der Waals surface area contributed by atoms with Crippen molar-refractivity contribution in [2.75, 3.05) is 6.61 Å². The van der Waals surface area contributed by atoms with Gasteiger partial charge in [0.1, 0.15) is 0 Å². The molecule has 1 heteroatoms. The van der Waals surface area contributed by atoms with Gasteiger partial charge in [-0.25, -0.2) is 0 Å². The Morgan fingerprint density at radius 3 is 2.78 bits per heavy atom. The molecule has 0 saturated heterocycles. The zero-order valence-corrected chi connectivity index (χ0v) is 11.3. The summed E-state index contributed by atoms with van der Waals surface area (Å²) in [4.78, 5) is 0. The second kappa shape index (κ2) is 5.88. The summed E-state index contributed by atoms with van der Waals surface area (Å²) in [5.74, 6) is 0.967. The van der Waals surface area contributed by atoms with Gasteiger partial charge in [-0.05, 0) is 54.7 Å². The van der Waals surface area contributed by atoms with Crippen molar-refractivity contribution in [3.63, 3.8) is 0 Å². The molecule has 18 heavy (non-hydrogen) atoms. The highest BCUT2D eigenvalue weighted by Gasteiger charge is 2.17. The number of hydrogen-bond donors (Lipinski definition) is 0. The molecule has 0 aromatic heterocycles. The van der Waals surface area contributed by atoms with E-state index in [9.17, 15) is 0 Å². The van der Waals surface area contributed by atoms with Crippen LogP contribution in [0.1, 0.15) is 55.2 Å². The van der Waals surface area contributed by atoms with E-state index in [0.717, 1.165) is 19.1 Å². The van der Waals surface area contributed by atoms with Crippen molar-refractivity contribution >= 4 is 0 Å². The van der Waals surface area contributed by atoms with E-state index >= 15 is 0 Å². The van der Waals surface area contributed by atoms with Gasteiger partial charge in [0.25, 0.3) is 0 Å². The number of fused-ring (bicyclic) bond motifs is 1. The summed E-state index contributed by atoms with van der Waals surface area (Å²) in [6.07, 6.45) is 10.8. The first kappa shape index (κ1) is 12.2. The fourth-order valence-electron chi connectivity index (χ4n) is 3.21. The molecule has 98 valence electrons. The van der Waals surface area contributed by atoms with Crippen molar-refractivity contribution in [3.05, 3.63) is 34.9 Å². The molecule has 0 radical (unpaired) electrons. The van der Waals surface area contributed by atoms with Gasteiger partial charge in [-0.2, -0.15) is 0 Å². The Morgan fingerprint density at radius 2 is 1.94 bits per heavy atom. The van der Waals surface area contributed by atoms with Crippen LogP contribution in [-0.2, 0) is 24.2 Å². The summed E-state index contributed by atoms with van der Waals surface area (Å²) in [5.41, 5.74) is 4.61.